The molecule has 0 unspecified atom stereocenters. The van der Waals surface area contributed by atoms with Gasteiger partial charge in [0.15, 0.2) is 11.2 Å². The number of ether oxygens (including phenoxy) is 1. The van der Waals surface area contributed by atoms with Crippen molar-refractivity contribution < 1.29 is 13.2 Å². The highest BCUT2D eigenvalue weighted by Gasteiger charge is 2.31. The number of fused-ring (bicyclic) bond motifs is 1. The van der Waals surface area contributed by atoms with Crippen LogP contribution in [0.3, 0.4) is 0 Å². The molecule has 0 saturated heterocycles. The number of nitrogens with zero attached hydrogens (tertiary/aromatic N) is 5. The third kappa shape index (κ3) is 3.57. The lowest BCUT2D eigenvalue weighted by atomic mass is 10.2. The molecule has 1 N–H and O–H groups in total. The summed E-state index contributed by atoms with van der Waals surface area (Å²) in [5, 5.41) is 11.2. The minimum Gasteiger partial charge on any atom is -0.497 e. The minimum atomic E-state index is -3.02. The van der Waals surface area contributed by atoms with Gasteiger partial charge in [-0.2, -0.15) is 9.67 Å². The molecule has 2 heterocycles. The molecule has 0 bridgehead atoms. The van der Waals surface area contributed by atoms with E-state index in [9.17, 15) is 8.42 Å². The molecule has 0 amide bonds. The maximum atomic E-state index is 11.7. The van der Waals surface area contributed by atoms with Gasteiger partial charge in [0.2, 0.25) is 5.95 Å². The normalized spacial score (nSPS) is 20.1. The summed E-state index contributed by atoms with van der Waals surface area (Å²) in [6.07, 6.45) is 4.90. The van der Waals surface area contributed by atoms with E-state index < -0.39 is 9.84 Å². The molecule has 2 atom stereocenters. The highest BCUT2D eigenvalue weighted by Crippen LogP contribution is 2.27. The summed E-state index contributed by atoms with van der Waals surface area (Å²) in [4.78, 5) is 8.82. The van der Waals surface area contributed by atoms with Crippen molar-refractivity contribution in [3.8, 4) is 11.4 Å². The first-order valence-corrected chi connectivity index (χ1v) is 10.6. The monoisotopic (exact) mass is 388 g/mol. The number of anilines is 1. The number of hydrogen-bond donors (Lipinski definition) is 1. The van der Waals surface area contributed by atoms with Crippen LogP contribution in [0.15, 0.2) is 30.5 Å². The molecule has 10 heteroatoms. The van der Waals surface area contributed by atoms with Crippen molar-refractivity contribution in [3.63, 3.8) is 0 Å². The Hall–Kier alpha value is -2.75. The number of rotatable bonds is 5. The molecule has 1 saturated carbocycles. The second-order valence-corrected chi connectivity index (χ2v) is 9.03. The van der Waals surface area contributed by atoms with Crippen molar-refractivity contribution in [1.29, 1.82) is 0 Å². The fraction of sp³-hybridized carbons (Fsp3) is 0.412. The Morgan fingerprint density at radius 3 is 2.67 bits per heavy atom. The van der Waals surface area contributed by atoms with Crippen LogP contribution < -0.4 is 10.1 Å². The third-order valence-electron chi connectivity index (χ3n) is 4.83. The smallest absolute Gasteiger partial charge is 0.225 e. The Kier molecular flexibility index (Phi) is 4.42. The standard InChI is InChI=1S/C17H20N6O3S/c1-26-13-6-4-12(5-7-13)23-16-15(21-22-23)10-18-17(20-16)19-11-3-8-14(9-11)27(2,24)25/h4-7,10-11,14H,3,8-9H2,1-2H3,(H,18,19,20)/t11-,14-/m0/s1. The molecule has 27 heavy (non-hydrogen) atoms. The Morgan fingerprint density at radius 2 is 2.00 bits per heavy atom. The number of sulfone groups is 1. The molecule has 4 rings (SSSR count). The number of aromatic nitrogens is 5. The van der Waals surface area contributed by atoms with Crippen molar-refractivity contribution in [2.45, 2.75) is 30.6 Å². The van der Waals surface area contributed by atoms with Crippen LogP contribution in [0.5, 0.6) is 5.75 Å². The zero-order valence-corrected chi connectivity index (χ0v) is 15.8. The molecule has 2 aromatic heterocycles. The van der Waals surface area contributed by atoms with Gasteiger partial charge >= 0.3 is 0 Å². The van der Waals surface area contributed by atoms with E-state index in [1.807, 2.05) is 24.3 Å². The number of hydrogen-bond acceptors (Lipinski definition) is 8. The SMILES string of the molecule is COc1ccc(-n2nnc3cnc(N[C@H]4CC[C@H](S(C)(=O)=O)C4)nc32)cc1. The molecule has 142 valence electrons. The predicted octanol–water partition coefficient (Wildman–Crippen LogP) is 1.60. The lowest BCUT2D eigenvalue weighted by molar-refractivity contribution is 0.414. The second kappa shape index (κ2) is 6.76. The van der Waals surface area contributed by atoms with E-state index in [-0.39, 0.29) is 11.3 Å². The fourth-order valence-electron chi connectivity index (χ4n) is 3.34. The Bertz CT molecular complexity index is 1060. The summed E-state index contributed by atoms with van der Waals surface area (Å²) in [5.74, 6) is 1.19. The Morgan fingerprint density at radius 1 is 1.22 bits per heavy atom. The summed E-state index contributed by atoms with van der Waals surface area (Å²) < 4.78 is 30.3. The fourth-order valence-corrected chi connectivity index (χ4v) is 4.48. The summed E-state index contributed by atoms with van der Waals surface area (Å²) in [5.41, 5.74) is 1.97. The molecule has 1 aliphatic rings. The highest BCUT2D eigenvalue weighted by atomic mass is 32.2. The van der Waals surface area contributed by atoms with Crippen molar-refractivity contribution in [2.75, 3.05) is 18.7 Å². The van der Waals surface area contributed by atoms with Crippen molar-refractivity contribution in [3.05, 3.63) is 30.5 Å². The van der Waals surface area contributed by atoms with Gasteiger partial charge in [-0.25, -0.2) is 13.4 Å². The van der Waals surface area contributed by atoms with E-state index in [1.54, 1.807) is 18.0 Å². The first kappa shape index (κ1) is 17.7. The van der Waals surface area contributed by atoms with E-state index in [0.717, 1.165) is 17.9 Å². The lowest BCUT2D eigenvalue weighted by Gasteiger charge is -2.12. The average Bonchev–Trinajstić information content (AvgIpc) is 3.28. The first-order chi connectivity index (χ1) is 12.9. The molecular formula is C17H20N6O3S. The molecule has 9 nitrogen and oxygen atoms in total. The van der Waals surface area contributed by atoms with Gasteiger partial charge in [-0.1, -0.05) is 5.21 Å². The van der Waals surface area contributed by atoms with Gasteiger partial charge < -0.3 is 10.1 Å². The lowest BCUT2D eigenvalue weighted by Crippen LogP contribution is -2.21. The average molecular weight is 388 g/mol. The molecule has 1 aromatic carbocycles. The third-order valence-corrected chi connectivity index (χ3v) is 6.47. The molecule has 1 aliphatic carbocycles. The first-order valence-electron chi connectivity index (χ1n) is 8.62. The maximum Gasteiger partial charge on any atom is 0.225 e. The second-order valence-electron chi connectivity index (χ2n) is 6.71. The van der Waals surface area contributed by atoms with E-state index in [2.05, 4.69) is 25.6 Å². The molecular weight excluding hydrogens is 368 g/mol. The topological polar surface area (TPSA) is 112 Å². The van der Waals surface area contributed by atoms with Crippen LogP contribution in [-0.2, 0) is 9.84 Å². The van der Waals surface area contributed by atoms with Crippen molar-refractivity contribution >= 4 is 26.9 Å². The summed E-state index contributed by atoms with van der Waals surface area (Å²) in [7, 11) is -1.40. The zero-order chi connectivity index (χ0) is 19.0. The molecule has 0 radical (unpaired) electrons. The largest absolute Gasteiger partial charge is 0.497 e. The van der Waals surface area contributed by atoms with Gasteiger partial charge in [-0.15, -0.1) is 5.10 Å². The molecule has 0 aliphatic heterocycles. The van der Waals surface area contributed by atoms with Gasteiger partial charge in [-0.05, 0) is 43.5 Å². The Labute approximate surface area is 156 Å². The van der Waals surface area contributed by atoms with Gasteiger partial charge in [0.1, 0.15) is 15.6 Å². The predicted molar refractivity (Wildman–Crippen MR) is 101 cm³/mol. The van der Waals surface area contributed by atoms with Gasteiger partial charge in [-0.3, -0.25) is 0 Å². The van der Waals surface area contributed by atoms with Gasteiger partial charge in [0.05, 0.1) is 24.2 Å². The zero-order valence-electron chi connectivity index (χ0n) is 15.0. The Balaban J connectivity index is 1.58. The molecule has 3 aromatic rings. The van der Waals surface area contributed by atoms with Gasteiger partial charge in [0, 0.05) is 12.3 Å². The quantitative estimate of drug-likeness (QED) is 0.701. The summed E-state index contributed by atoms with van der Waals surface area (Å²) in [6, 6.07) is 7.46. The van der Waals surface area contributed by atoms with Crippen LogP contribution >= 0.6 is 0 Å². The van der Waals surface area contributed by atoms with E-state index in [1.165, 1.54) is 6.26 Å². The van der Waals surface area contributed by atoms with Crippen LogP contribution in [0.4, 0.5) is 5.95 Å². The molecule has 1 fully saturated rings. The van der Waals surface area contributed by atoms with Crippen LogP contribution in [0.2, 0.25) is 0 Å². The maximum absolute atomic E-state index is 11.7. The van der Waals surface area contributed by atoms with Crippen molar-refractivity contribution in [2.24, 2.45) is 0 Å². The van der Waals surface area contributed by atoms with Gasteiger partial charge in [0.25, 0.3) is 0 Å². The van der Waals surface area contributed by atoms with Crippen LogP contribution in [0, 0.1) is 0 Å². The van der Waals surface area contributed by atoms with E-state index in [0.29, 0.717) is 30.0 Å². The number of benzene rings is 1. The van der Waals surface area contributed by atoms with Crippen LogP contribution in [0.1, 0.15) is 19.3 Å². The number of methoxy groups -OCH3 is 1. The molecule has 0 spiro atoms. The van der Waals surface area contributed by atoms with E-state index in [4.69, 9.17) is 4.74 Å². The summed E-state index contributed by atoms with van der Waals surface area (Å²) in [6.45, 7) is 0. The van der Waals surface area contributed by atoms with Crippen LogP contribution in [-0.4, -0.2) is 58.0 Å². The number of nitrogens with one attached hydrogen (secondary N) is 1. The van der Waals surface area contributed by atoms with Crippen LogP contribution in [0.25, 0.3) is 16.9 Å². The van der Waals surface area contributed by atoms with Crippen molar-refractivity contribution in [1.82, 2.24) is 25.0 Å². The summed E-state index contributed by atoms with van der Waals surface area (Å²) >= 11 is 0. The highest BCUT2D eigenvalue weighted by molar-refractivity contribution is 7.91. The van der Waals surface area contributed by atoms with E-state index >= 15 is 0 Å². The minimum absolute atomic E-state index is 0.0347.